The molecule has 0 fully saturated rings. The first kappa shape index (κ1) is 89.9. The van der Waals surface area contributed by atoms with Crippen molar-refractivity contribution in [2.75, 3.05) is 0 Å². The van der Waals surface area contributed by atoms with Gasteiger partial charge in [0.1, 0.15) is 0 Å². The Bertz CT molecular complexity index is 8090. The van der Waals surface area contributed by atoms with Gasteiger partial charge < -0.3 is 0 Å². The van der Waals surface area contributed by atoms with E-state index < -0.39 is 10.8 Å². The summed E-state index contributed by atoms with van der Waals surface area (Å²) in [5.41, 5.74) is 52.1. The lowest BCUT2D eigenvalue weighted by Crippen LogP contribution is -2.25. The molecule has 0 aliphatic heterocycles. The van der Waals surface area contributed by atoms with Crippen molar-refractivity contribution in [2.45, 2.75) is 88.9 Å². The summed E-state index contributed by atoms with van der Waals surface area (Å²) in [5.74, 6) is 1.40. The fraction of sp³-hybridized carbons (Fsp3) is 0.0986. The molecular formula is C142H108N4. The standard InChI is InChI=1S/C73H64.C69H44N4/c1-3-5-7-9-23-51-25-15-27-53(45-51)55-29-17-31-57(47-55)59-33-19-35-61(49-59)63-39-21-43-69-71(63)65-37-11-13-41-67(65)73(69)68-42-14-12-38-66(68)72-64(40-22-44-70(72)73)62-36-20-34-60(50-62)58-32-18-30-56(48-58)54-28-16-26-52(46-54)24-10-8-6-4-2;1-5-21-45(22-6-1)61-43-63(72-67(70-61)47-25-9-3-10-26-47)51-31-17-29-49(41-51)53-35-19-39-59-65(53)55-33-13-15-37-57(55)69(59)58-38-16-14-34-56(58)66-54(36-20-40-60(66)69)50-30-18-32-52(42-50)64-44-62(46-23-7-2-8-24-46)71-68(73-64)48-27-11-4-12-28-48/h11-22,25-50H,3-10,23-24H2,1-2H3;1-44H. The minimum atomic E-state index is -0.553. The quantitative estimate of drug-likeness (QED) is 0.0566. The molecule has 4 heteroatoms. The SMILES string of the molecule is CCCCCCc1cccc(-c2cccc(-c3cccc(-c4cccc5c4-c4ccccc4C54c5ccccc5-c5c(-c6cccc(-c7cccc(-c8cccc(CCCCCC)c8)c7)c6)cccc54)c3)c2)c1.c1ccc(-c2cc(-c3cccc(-c4cccc5c4-c4ccccc4C54c5ccccc5-c5c(-c6cccc(-c7cc(-c8ccccc8)nc(-c8ccccc8)n7)c6)cccc54)c3)nc(-c3ccccc3)n2)cc1. The lowest BCUT2D eigenvalue weighted by atomic mass is 9.70. The highest BCUT2D eigenvalue weighted by Gasteiger charge is 2.55. The zero-order valence-corrected chi connectivity index (χ0v) is 82.2. The summed E-state index contributed by atoms with van der Waals surface area (Å²) < 4.78 is 0. The summed E-state index contributed by atoms with van der Waals surface area (Å²) in [4.78, 5) is 20.6. The van der Waals surface area contributed by atoms with Gasteiger partial charge in [-0.1, -0.05) is 501 Å². The Morgan fingerprint density at radius 1 is 0.151 bits per heavy atom. The largest absolute Gasteiger partial charge is 0.228 e. The van der Waals surface area contributed by atoms with Gasteiger partial charge in [-0.3, -0.25) is 0 Å². The fourth-order valence-electron chi connectivity index (χ4n) is 24.1. The first-order valence-electron chi connectivity index (χ1n) is 52.1. The number of benzene rings is 20. The maximum absolute atomic E-state index is 5.22. The summed E-state index contributed by atoms with van der Waals surface area (Å²) in [6, 6.07) is 183. The number of unbranched alkanes of at least 4 members (excludes halogenated alkanes) is 6. The van der Waals surface area contributed by atoms with Crippen molar-refractivity contribution in [3.05, 3.63) is 553 Å². The summed E-state index contributed by atoms with van der Waals surface area (Å²) >= 11 is 0. The van der Waals surface area contributed by atoms with Crippen LogP contribution in [0.5, 0.6) is 0 Å². The Labute approximate surface area is 857 Å². The van der Waals surface area contributed by atoms with E-state index in [1.807, 2.05) is 48.5 Å². The number of fused-ring (bicyclic) bond motifs is 20. The number of hydrogen-bond donors (Lipinski definition) is 0. The summed E-state index contributed by atoms with van der Waals surface area (Å²) in [6.45, 7) is 4.56. The Hall–Kier alpha value is -17.4. The summed E-state index contributed by atoms with van der Waals surface area (Å²) in [7, 11) is 0. The average Bonchev–Trinajstić information content (AvgIpc) is 1.50. The van der Waals surface area contributed by atoms with Gasteiger partial charge in [0.2, 0.25) is 0 Å². The molecule has 696 valence electrons. The van der Waals surface area contributed by atoms with Crippen LogP contribution in [0.3, 0.4) is 0 Å². The van der Waals surface area contributed by atoms with E-state index in [-0.39, 0.29) is 0 Å². The summed E-state index contributed by atoms with van der Waals surface area (Å²) in [5, 5.41) is 0. The van der Waals surface area contributed by atoms with E-state index >= 15 is 0 Å². The minimum absolute atomic E-state index is 0.475. The van der Waals surface area contributed by atoms with E-state index in [1.165, 1.54) is 229 Å². The Kier molecular flexibility index (Phi) is 24.1. The van der Waals surface area contributed by atoms with Crippen LogP contribution in [0, 0.1) is 0 Å². The van der Waals surface area contributed by atoms with Gasteiger partial charge in [0.15, 0.2) is 11.6 Å². The van der Waals surface area contributed by atoms with Crippen LogP contribution in [-0.4, -0.2) is 19.9 Å². The predicted molar refractivity (Wildman–Crippen MR) is 608 cm³/mol. The molecule has 2 aromatic heterocycles. The zero-order chi connectivity index (χ0) is 97.4. The highest BCUT2D eigenvalue weighted by Crippen LogP contribution is 2.68. The van der Waals surface area contributed by atoms with Crippen LogP contribution < -0.4 is 0 Å². The second-order valence-corrected chi connectivity index (χ2v) is 39.5. The van der Waals surface area contributed by atoms with Gasteiger partial charge in [0.25, 0.3) is 0 Å². The van der Waals surface area contributed by atoms with E-state index in [0.717, 1.165) is 80.1 Å². The molecule has 2 heterocycles. The maximum atomic E-state index is 5.22. The molecule has 2 spiro atoms. The van der Waals surface area contributed by atoms with E-state index in [0.29, 0.717) is 11.6 Å². The summed E-state index contributed by atoms with van der Waals surface area (Å²) in [6.07, 6.45) is 12.5. The van der Waals surface area contributed by atoms with Crippen molar-refractivity contribution in [3.63, 3.8) is 0 Å². The molecule has 0 radical (unpaired) electrons. The van der Waals surface area contributed by atoms with Gasteiger partial charge in [-0.05, 0) is 263 Å². The Morgan fingerprint density at radius 2 is 0.356 bits per heavy atom. The van der Waals surface area contributed by atoms with Crippen molar-refractivity contribution in [1.82, 2.24) is 19.9 Å². The van der Waals surface area contributed by atoms with Crippen molar-refractivity contribution in [1.29, 1.82) is 0 Å². The van der Waals surface area contributed by atoms with Crippen LogP contribution in [0.4, 0.5) is 0 Å². The molecular weight excluding hydrogens is 1760 g/mol. The molecule has 22 aromatic rings. The third-order valence-corrected chi connectivity index (χ3v) is 30.8. The third-order valence-electron chi connectivity index (χ3n) is 30.8. The van der Waals surface area contributed by atoms with Crippen LogP contribution in [-0.2, 0) is 23.7 Å². The third kappa shape index (κ3) is 16.2. The normalized spacial score (nSPS) is 12.6. The highest BCUT2D eigenvalue weighted by atomic mass is 14.9. The number of aryl methyl sites for hydroxylation is 2. The number of hydrogen-bond acceptors (Lipinski definition) is 4. The first-order chi connectivity index (χ1) is 72.3. The van der Waals surface area contributed by atoms with Gasteiger partial charge in [0.05, 0.1) is 33.6 Å². The molecule has 0 atom stereocenters. The Morgan fingerprint density at radius 3 is 0.651 bits per heavy atom. The number of rotatable bonds is 24. The van der Waals surface area contributed by atoms with E-state index in [2.05, 4.69) is 463 Å². The van der Waals surface area contributed by atoms with Crippen molar-refractivity contribution in [2.24, 2.45) is 0 Å². The van der Waals surface area contributed by atoms with Crippen LogP contribution in [0.25, 0.3) is 201 Å². The molecule has 0 bridgehead atoms. The fourth-order valence-corrected chi connectivity index (χ4v) is 24.1. The van der Waals surface area contributed by atoms with Crippen LogP contribution in [0.15, 0.2) is 497 Å². The van der Waals surface area contributed by atoms with E-state index in [4.69, 9.17) is 19.9 Å². The van der Waals surface area contributed by atoms with E-state index in [1.54, 1.807) is 0 Å². The molecule has 0 saturated heterocycles. The van der Waals surface area contributed by atoms with Crippen LogP contribution >= 0.6 is 0 Å². The highest BCUT2D eigenvalue weighted by molar-refractivity contribution is 6.06. The van der Waals surface area contributed by atoms with Gasteiger partial charge >= 0.3 is 0 Å². The molecule has 20 aromatic carbocycles. The van der Waals surface area contributed by atoms with Crippen molar-refractivity contribution < 1.29 is 0 Å². The topological polar surface area (TPSA) is 51.6 Å². The first-order valence-corrected chi connectivity index (χ1v) is 52.1. The molecule has 4 nitrogen and oxygen atoms in total. The Balaban J connectivity index is 0.000000152. The lowest BCUT2D eigenvalue weighted by molar-refractivity contribution is 0.667. The lowest BCUT2D eigenvalue weighted by Gasteiger charge is -2.30. The second-order valence-electron chi connectivity index (χ2n) is 39.5. The van der Waals surface area contributed by atoms with E-state index in [9.17, 15) is 0 Å². The minimum Gasteiger partial charge on any atom is -0.228 e. The van der Waals surface area contributed by atoms with Gasteiger partial charge in [-0.15, -0.1) is 0 Å². The molecule has 0 saturated carbocycles. The monoisotopic (exact) mass is 1870 g/mol. The van der Waals surface area contributed by atoms with Gasteiger partial charge in [0, 0.05) is 33.4 Å². The van der Waals surface area contributed by atoms with Crippen molar-refractivity contribution in [3.8, 4) is 201 Å². The molecule has 26 rings (SSSR count). The molecule has 0 unspecified atom stereocenters. The smallest absolute Gasteiger partial charge is 0.160 e. The molecule has 4 aliphatic rings. The second kappa shape index (κ2) is 39.1. The molecule has 146 heavy (non-hydrogen) atoms. The van der Waals surface area contributed by atoms with Gasteiger partial charge in [-0.25, -0.2) is 19.9 Å². The number of aromatic nitrogens is 4. The average molecular weight is 1870 g/mol. The van der Waals surface area contributed by atoms with Crippen LogP contribution in [0.2, 0.25) is 0 Å². The van der Waals surface area contributed by atoms with Crippen LogP contribution in [0.1, 0.15) is 121 Å². The number of nitrogens with zero attached hydrogens (tertiary/aromatic N) is 4. The molecule has 4 aliphatic carbocycles. The maximum Gasteiger partial charge on any atom is 0.160 e. The predicted octanol–water partition coefficient (Wildman–Crippen LogP) is 37.2. The molecule has 0 N–H and O–H groups in total. The zero-order valence-electron chi connectivity index (χ0n) is 82.2. The van der Waals surface area contributed by atoms with Crippen molar-refractivity contribution >= 4 is 0 Å². The van der Waals surface area contributed by atoms with Gasteiger partial charge in [-0.2, -0.15) is 0 Å². The molecule has 0 amide bonds.